The van der Waals surface area contributed by atoms with Gasteiger partial charge >= 0.3 is 0 Å². The van der Waals surface area contributed by atoms with Gasteiger partial charge in [-0.1, -0.05) is 0 Å². The number of aromatic nitrogens is 2. The van der Waals surface area contributed by atoms with E-state index in [1.54, 1.807) is 0 Å². The highest BCUT2D eigenvalue weighted by molar-refractivity contribution is 6.04. The molecule has 1 amide bonds. The molecule has 140 valence electrons. The number of ether oxygens (including phenoxy) is 1. The molecular formula is C19H16F3N3O2. The molecule has 1 N–H and O–H groups in total. The maximum absolute atomic E-state index is 14.1. The molecular weight excluding hydrogens is 359 g/mol. The van der Waals surface area contributed by atoms with Crippen molar-refractivity contribution in [3.05, 3.63) is 71.8 Å². The Hall–Kier alpha value is -3.29. The van der Waals surface area contributed by atoms with Gasteiger partial charge < -0.3 is 10.1 Å². The Morgan fingerprint density at radius 1 is 1.11 bits per heavy atom. The Labute approximate surface area is 153 Å². The lowest BCUT2D eigenvalue weighted by molar-refractivity contribution is 0.102. The van der Waals surface area contributed by atoms with Crippen LogP contribution in [0.4, 0.5) is 18.9 Å². The number of hydrogen-bond acceptors (Lipinski definition) is 3. The lowest BCUT2D eigenvalue weighted by Crippen LogP contribution is -2.13. The number of carbonyl (C=O) groups is 1. The molecule has 1 heterocycles. The third kappa shape index (κ3) is 4.28. The zero-order valence-corrected chi connectivity index (χ0v) is 14.5. The number of nitrogens with one attached hydrogen (secondary N) is 1. The summed E-state index contributed by atoms with van der Waals surface area (Å²) in [6, 6.07) is 7.09. The summed E-state index contributed by atoms with van der Waals surface area (Å²) >= 11 is 0. The Balaban J connectivity index is 1.76. The molecule has 3 aromatic rings. The number of amides is 1. The van der Waals surface area contributed by atoms with Crippen LogP contribution < -0.4 is 10.1 Å². The first kappa shape index (κ1) is 18.5. The van der Waals surface area contributed by atoms with Crippen LogP contribution in [0.2, 0.25) is 0 Å². The highest BCUT2D eigenvalue weighted by Crippen LogP contribution is 2.22. The van der Waals surface area contributed by atoms with Crippen LogP contribution in [-0.2, 0) is 0 Å². The van der Waals surface area contributed by atoms with Gasteiger partial charge in [0.15, 0.2) is 5.82 Å². The fourth-order valence-electron chi connectivity index (χ4n) is 2.38. The summed E-state index contributed by atoms with van der Waals surface area (Å²) < 4.78 is 47.4. The lowest BCUT2D eigenvalue weighted by atomic mass is 10.2. The van der Waals surface area contributed by atoms with Crippen LogP contribution in [0.25, 0.3) is 5.69 Å². The molecule has 5 nitrogen and oxygen atoms in total. The average Bonchev–Trinajstić information content (AvgIpc) is 3.06. The minimum atomic E-state index is -0.822. The Bertz CT molecular complexity index is 986. The van der Waals surface area contributed by atoms with E-state index >= 15 is 0 Å². The first-order chi connectivity index (χ1) is 12.8. The maximum atomic E-state index is 14.1. The van der Waals surface area contributed by atoms with Gasteiger partial charge in [-0.3, -0.25) is 4.79 Å². The molecule has 3 rings (SSSR count). The third-order valence-corrected chi connectivity index (χ3v) is 3.56. The van der Waals surface area contributed by atoms with E-state index in [0.717, 1.165) is 10.7 Å². The minimum absolute atomic E-state index is 0.0168. The van der Waals surface area contributed by atoms with E-state index < -0.39 is 23.4 Å². The summed E-state index contributed by atoms with van der Waals surface area (Å²) in [4.78, 5) is 12.3. The van der Waals surface area contributed by atoms with Crippen molar-refractivity contribution in [1.29, 1.82) is 0 Å². The lowest BCUT2D eigenvalue weighted by Gasteiger charge is -2.11. The van der Waals surface area contributed by atoms with E-state index in [4.69, 9.17) is 4.74 Å². The third-order valence-electron chi connectivity index (χ3n) is 3.56. The second-order valence-corrected chi connectivity index (χ2v) is 6.03. The number of halogens is 3. The SMILES string of the molecule is CC(C)Oc1ccc(NC(=O)c2cnn(-c3ccc(F)cc3F)c2)c(F)c1. The molecule has 2 aromatic carbocycles. The molecule has 0 aliphatic rings. The molecule has 0 saturated heterocycles. The van der Waals surface area contributed by atoms with Crippen molar-refractivity contribution in [2.75, 3.05) is 5.32 Å². The van der Waals surface area contributed by atoms with E-state index in [1.807, 2.05) is 13.8 Å². The van der Waals surface area contributed by atoms with Crippen LogP contribution in [-0.4, -0.2) is 21.8 Å². The first-order valence-corrected chi connectivity index (χ1v) is 8.11. The number of hydrogen-bond donors (Lipinski definition) is 1. The molecule has 0 atom stereocenters. The minimum Gasteiger partial charge on any atom is -0.491 e. The van der Waals surface area contributed by atoms with Crippen LogP contribution in [0.15, 0.2) is 48.8 Å². The van der Waals surface area contributed by atoms with Gasteiger partial charge in [0.1, 0.15) is 23.1 Å². The van der Waals surface area contributed by atoms with E-state index in [1.165, 1.54) is 36.7 Å². The second-order valence-electron chi connectivity index (χ2n) is 6.03. The highest BCUT2D eigenvalue weighted by atomic mass is 19.1. The number of benzene rings is 2. The summed E-state index contributed by atoms with van der Waals surface area (Å²) in [5, 5.41) is 6.31. The predicted octanol–water partition coefficient (Wildman–Crippen LogP) is 4.33. The quantitative estimate of drug-likeness (QED) is 0.722. The molecule has 1 aromatic heterocycles. The fourth-order valence-corrected chi connectivity index (χ4v) is 2.38. The average molecular weight is 375 g/mol. The molecule has 0 aliphatic carbocycles. The van der Waals surface area contributed by atoms with Gasteiger partial charge in [-0.2, -0.15) is 5.10 Å². The zero-order chi connectivity index (χ0) is 19.6. The van der Waals surface area contributed by atoms with Gasteiger partial charge in [0.05, 0.1) is 23.6 Å². The van der Waals surface area contributed by atoms with E-state index in [0.29, 0.717) is 11.8 Å². The van der Waals surface area contributed by atoms with Crippen molar-refractivity contribution in [3.8, 4) is 11.4 Å². The summed E-state index contributed by atoms with van der Waals surface area (Å²) in [7, 11) is 0. The summed E-state index contributed by atoms with van der Waals surface area (Å²) in [5.41, 5.74) is 0.0364. The molecule has 0 bridgehead atoms. The van der Waals surface area contributed by atoms with Gasteiger partial charge in [0.25, 0.3) is 5.91 Å². The van der Waals surface area contributed by atoms with E-state index in [-0.39, 0.29) is 23.0 Å². The van der Waals surface area contributed by atoms with Gasteiger partial charge in [0.2, 0.25) is 0 Å². The van der Waals surface area contributed by atoms with Gasteiger partial charge in [-0.15, -0.1) is 0 Å². The van der Waals surface area contributed by atoms with Gasteiger partial charge in [-0.05, 0) is 38.1 Å². The van der Waals surface area contributed by atoms with Gasteiger partial charge in [-0.25, -0.2) is 17.9 Å². The number of carbonyl (C=O) groups excluding carboxylic acids is 1. The number of anilines is 1. The second kappa shape index (κ2) is 7.53. The predicted molar refractivity (Wildman–Crippen MR) is 93.6 cm³/mol. The van der Waals surface area contributed by atoms with Crippen LogP contribution in [0.1, 0.15) is 24.2 Å². The van der Waals surface area contributed by atoms with Crippen LogP contribution in [0.3, 0.4) is 0 Å². The summed E-state index contributed by atoms with van der Waals surface area (Å²) in [6.45, 7) is 3.63. The number of nitrogens with zero attached hydrogens (tertiary/aromatic N) is 2. The molecule has 0 fully saturated rings. The zero-order valence-electron chi connectivity index (χ0n) is 14.5. The van der Waals surface area contributed by atoms with E-state index in [2.05, 4.69) is 10.4 Å². The topological polar surface area (TPSA) is 56.1 Å². The smallest absolute Gasteiger partial charge is 0.258 e. The van der Waals surface area contributed by atoms with Crippen molar-refractivity contribution in [2.45, 2.75) is 20.0 Å². The largest absolute Gasteiger partial charge is 0.491 e. The molecule has 0 spiro atoms. The Morgan fingerprint density at radius 2 is 1.89 bits per heavy atom. The van der Waals surface area contributed by atoms with Crippen LogP contribution in [0.5, 0.6) is 5.75 Å². The molecule has 0 unspecified atom stereocenters. The summed E-state index contributed by atoms with van der Waals surface area (Å²) in [6.07, 6.45) is 2.36. The monoisotopic (exact) mass is 375 g/mol. The van der Waals surface area contributed by atoms with Crippen molar-refractivity contribution >= 4 is 11.6 Å². The molecule has 0 saturated carbocycles. The summed E-state index contributed by atoms with van der Waals surface area (Å²) in [5.74, 6) is -2.47. The Kier molecular flexibility index (Phi) is 5.16. The number of rotatable bonds is 5. The van der Waals surface area contributed by atoms with Crippen molar-refractivity contribution in [1.82, 2.24) is 9.78 Å². The Morgan fingerprint density at radius 3 is 2.56 bits per heavy atom. The van der Waals surface area contributed by atoms with Crippen LogP contribution in [0, 0.1) is 17.5 Å². The maximum Gasteiger partial charge on any atom is 0.258 e. The van der Waals surface area contributed by atoms with Crippen molar-refractivity contribution < 1.29 is 22.7 Å². The molecule has 8 heteroatoms. The first-order valence-electron chi connectivity index (χ1n) is 8.11. The van der Waals surface area contributed by atoms with Gasteiger partial charge in [0, 0.05) is 18.3 Å². The van der Waals surface area contributed by atoms with Crippen LogP contribution >= 0.6 is 0 Å². The standard InChI is InChI=1S/C19H16F3N3O2/c1-11(2)27-14-4-5-17(15(21)8-14)24-19(26)12-9-23-25(10-12)18-6-3-13(20)7-16(18)22/h3-11H,1-2H3,(H,24,26). The molecule has 0 radical (unpaired) electrons. The molecule has 0 aliphatic heterocycles. The normalized spacial score (nSPS) is 10.9. The van der Waals surface area contributed by atoms with Crippen molar-refractivity contribution in [2.24, 2.45) is 0 Å². The van der Waals surface area contributed by atoms with Crippen molar-refractivity contribution in [3.63, 3.8) is 0 Å². The highest BCUT2D eigenvalue weighted by Gasteiger charge is 2.14. The fraction of sp³-hybridized carbons (Fsp3) is 0.158. The van der Waals surface area contributed by atoms with E-state index in [9.17, 15) is 18.0 Å². The molecule has 27 heavy (non-hydrogen) atoms.